The van der Waals surface area contributed by atoms with Gasteiger partial charge < -0.3 is 8.98 Å². The predicted octanol–water partition coefficient (Wildman–Crippen LogP) is 3.47. The SMILES string of the molecule is Cn1c2cccnc2c2ccc3ccoc3c21. The molecule has 0 N–H and O–H groups in total. The third kappa shape index (κ3) is 0.984. The topological polar surface area (TPSA) is 31.0 Å². The fourth-order valence-corrected chi connectivity index (χ4v) is 2.54. The maximum atomic E-state index is 5.59. The highest BCUT2D eigenvalue weighted by Crippen LogP contribution is 2.32. The van der Waals surface area contributed by atoms with E-state index in [-0.39, 0.29) is 0 Å². The van der Waals surface area contributed by atoms with E-state index in [9.17, 15) is 0 Å². The summed E-state index contributed by atoms with van der Waals surface area (Å²) in [6.45, 7) is 0. The Morgan fingerprint density at radius 3 is 3.06 bits per heavy atom. The van der Waals surface area contributed by atoms with E-state index in [2.05, 4.69) is 27.8 Å². The Hall–Kier alpha value is -2.29. The largest absolute Gasteiger partial charge is 0.462 e. The van der Waals surface area contributed by atoms with Gasteiger partial charge in [-0.05, 0) is 24.3 Å². The molecule has 3 heterocycles. The molecule has 0 amide bonds. The van der Waals surface area contributed by atoms with Crippen molar-refractivity contribution in [3.05, 3.63) is 42.8 Å². The number of aromatic nitrogens is 2. The molecule has 0 spiro atoms. The molecule has 3 aromatic heterocycles. The first kappa shape index (κ1) is 8.82. The van der Waals surface area contributed by atoms with Gasteiger partial charge in [-0.2, -0.15) is 0 Å². The van der Waals surface area contributed by atoms with Gasteiger partial charge in [0, 0.05) is 24.0 Å². The van der Waals surface area contributed by atoms with Crippen LogP contribution in [0, 0.1) is 0 Å². The highest BCUT2D eigenvalue weighted by atomic mass is 16.3. The lowest BCUT2D eigenvalue weighted by Gasteiger charge is -1.97. The fraction of sp³-hybridized carbons (Fsp3) is 0.0714. The third-order valence-corrected chi connectivity index (χ3v) is 3.33. The average molecular weight is 222 g/mol. The number of aryl methyl sites for hydroxylation is 1. The summed E-state index contributed by atoms with van der Waals surface area (Å²) in [5.74, 6) is 0. The van der Waals surface area contributed by atoms with E-state index in [1.54, 1.807) is 6.26 Å². The zero-order valence-electron chi connectivity index (χ0n) is 9.34. The van der Waals surface area contributed by atoms with E-state index >= 15 is 0 Å². The quantitative estimate of drug-likeness (QED) is 0.456. The molecule has 0 saturated heterocycles. The van der Waals surface area contributed by atoms with Gasteiger partial charge in [-0.25, -0.2) is 0 Å². The van der Waals surface area contributed by atoms with Crippen molar-refractivity contribution in [1.82, 2.24) is 9.55 Å². The van der Waals surface area contributed by atoms with Crippen molar-refractivity contribution < 1.29 is 4.42 Å². The Morgan fingerprint density at radius 2 is 2.12 bits per heavy atom. The van der Waals surface area contributed by atoms with E-state index in [1.807, 2.05) is 25.4 Å². The summed E-state index contributed by atoms with van der Waals surface area (Å²) in [4.78, 5) is 4.46. The summed E-state index contributed by atoms with van der Waals surface area (Å²) in [6.07, 6.45) is 3.56. The van der Waals surface area contributed by atoms with Crippen molar-refractivity contribution in [1.29, 1.82) is 0 Å². The molecular weight excluding hydrogens is 212 g/mol. The second-order valence-electron chi connectivity index (χ2n) is 4.23. The molecule has 82 valence electrons. The minimum Gasteiger partial charge on any atom is -0.462 e. The van der Waals surface area contributed by atoms with Gasteiger partial charge in [0.05, 0.1) is 22.8 Å². The number of furan rings is 1. The van der Waals surface area contributed by atoms with Crippen LogP contribution in [0.25, 0.3) is 32.9 Å². The molecule has 0 aliphatic carbocycles. The summed E-state index contributed by atoms with van der Waals surface area (Å²) < 4.78 is 7.74. The van der Waals surface area contributed by atoms with Crippen LogP contribution in [0.1, 0.15) is 0 Å². The number of benzene rings is 1. The van der Waals surface area contributed by atoms with Gasteiger partial charge in [-0.3, -0.25) is 4.98 Å². The zero-order chi connectivity index (χ0) is 11.4. The summed E-state index contributed by atoms with van der Waals surface area (Å²) in [7, 11) is 2.05. The van der Waals surface area contributed by atoms with Crippen molar-refractivity contribution in [2.24, 2.45) is 7.05 Å². The van der Waals surface area contributed by atoms with Crippen LogP contribution >= 0.6 is 0 Å². The number of hydrogen-bond acceptors (Lipinski definition) is 2. The van der Waals surface area contributed by atoms with E-state index in [0.717, 1.165) is 32.9 Å². The highest BCUT2D eigenvalue weighted by molar-refractivity contribution is 6.14. The molecule has 4 aromatic rings. The summed E-state index contributed by atoms with van der Waals surface area (Å²) in [5, 5.41) is 2.27. The number of pyridine rings is 1. The van der Waals surface area contributed by atoms with E-state index in [4.69, 9.17) is 4.42 Å². The maximum Gasteiger partial charge on any atom is 0.158 e. The van der Waals surface area contributed by atoms with Crippen molar-refractivity contribution in [3.63, 3.8) is 0 Å². The van der Waals surface area contributed by atoms with Crippen LogP contribution in [0.5, 0.6) is 0 Å². The molecule has 3 heteroatoms. The van der Waals surface area contributed by atoms with Crippen molar-refractivity contribution >= 4 is 32.9 Å². The van der Waals surface area contributed by atoms with E-state index < -0.39 is 0 Å². The lowest BCUT2D eigenvalue weighted by molar-refractivity contribution is 0.617. The highest BCUT2D eigenvalue weighted by Gasteiger charge is 2.13. The molecule has 3 nitrogen and oxygen atoms in total. The van der Waals surface area contributed by atoms with Crippen molar-refractivity contribution in [2.45, 2.75) is 0 Å². The van der Waals surface area contributed by atoms with Gasteiger partial charge in [0.1, 0.15) is 0 Å². The molecule has 0 bridgehead atoms. The summed E-state index contributed by atoms with van der Waals surface area (Å²) in [5.41, 5.74) is 4.21. The molecule has 4 rings (SSSR count). The Kier molecular flexibility index (Phi) is 1.50. The zero-order valence-corrected chi connectivity index (χ0v) is 9.34. The Labute approximate surface area is 97.3 Å². The maximum absolute atomic E-state index is 5.59. The van der Waals surface area contributed by atoms with Crippen molar-refractivity contribution in [2.75, 3.05) is 0 Å². The first-order valence-corrected chi connectivity index (χ1v) is 5.55. The monoisotopic (exact) mass is 222 g/mol. The molecule has 0 fully saturated rings. The minimum atomic E-state index is 0.933. The van der Waals surface area contributed by atoms with Gasteiger partial charge in [0.15, 0.2) is 5.58 Å². The first-order valence-electron chi connectivity index (χ1n) is 5.55. The third-order valence-electron chi connectivity index (χ3n) is 3.33. The summed E-state index contributed by atoms with van der Waals surface area (Å²) in [6, 6.07) is 10.2. The van der Waals surface area contributed by atoms with Crippen LogP contribution < -0.4 is 0 Å². The Balaban J connectivity index is 2.43. The number of rotatable bonds is 0. The van der Waals surface area contributed by atoms with Crippen molar-refractivity contribution in [3.8, 4) is 0 Å². The van der Waals surface area contributed by atoms with Crippen LogP contribution in [-0.4, -0.2) is 9.55 Å². The van der Waals surface area contributed by atoms with Crippen LogP contribution in [0.15, 0.2) is 47.2 Å². The lowest BCUT2D eigenvalue weighted by atomic mass is 10.2. The van der Waals surface area contributed by atoms with Gasteiger partial charge in [-0.15, -0.1) is 0 Å². The number of nitrogens with zero attached hydrogens (tertiary/aromatic N) is 2. The second-order valence-corrected chi connectivity index (χ2v) is 4.23. The molecule has 0 radical (unpaired) electrons. The molecule has 0 aliphatic heterocycles. The Morgan fingerprint density at radius 1 is 1.18 bits per heavy atom. The molecule has 0 atom stereocenters. The van der Waals surface area contributed by atoms with Crippen LogP contribution in [0.3, 0.4) is 0 Å². The average Bonchev–Trinajstić information content (AvgIpc) is 2.93. The molecule has 1 aromatic carbocycles. The smallest absolute Gasteiger partial charge is 0.158 e. The normalized spacial score (nSPS) is 11.8. The first-order chi connectivity index (χ1) is 8.36. The number of fused-ring (bicyclic) bond motifs is 5. The standard InChI is InChI=1S/C14H10N2O/c1-16-11-3-2-7-15-12(11)10-5-4-9-6-8-17-14(9)13(10)16/h2-8H,1H3. The fourth-order valence-electron chi connectivity index (χ4n) is 2.54. The van der Waals surface area contributed by atoms with Gasteiger partial charge in [-0.1, -0.05) is 6.07 Å². The number of hydrogen-bond donors (Lipinski definition) is 0. The van der Waals surface area contributed by atoms with Gasteiger partial charge in [0.2, 0.25) is 0 Å². The molecule has 0 unspecified atom stereocenters. The lowest BCUT2D eigenvalue weighted by Crippen LogP contribution is -1.86. The molecule has 17 heavy (non-hydrogen) atoms. The molecule has 0 aliphatic rings. The van der Waals surface area contributed by atoms with Gasteiger partial charge >= 0.3 is 0 Å². The minimum absolute atomic E-state index is 0.933. The van der Waals surface area contributed by atoms with Crippen LogP contribution in [-0.2, 0) is 7.05 Å². The molecule has 0 saturated carbocycles. The van der Waals surface area contributed by atoms with E-state index in [0.29, 0.717) is 0 Å². The van der Waals surface area contributed by atoms with Gasteiger partial charge in [0.25, 0.3) is 0 Å². The van der Waals surface area contributed by atoms with Crippen LogP contribution in [0.2, 0.25) is 0 Å². The summed E-state index contributed by atoms with van der Waals surface area (Å²) >= 11 is 0. The Bertz CT molecular complexity index is 854. The second kappa shape index (κ2) is 2.88. The van der Waals surface area contributed by atoms with E-state index in [1.165, 1.54) is 0 Å². The predicted molar refractivity (Wildman–Crippen MR) is 68.0 cm³/mol. The molecular formula is C14H10N2O. The van der Waals surface area contributed by atoms with Crippen LogP contribution in [0.4, 0.5) is 0 Å².